The second kappa shape index (κ2) is 3.53. The highest BCUT2D eigenvalue weighted by atomic mass is 16.5. The molecule has 0 amide bonds. The molecule has 0 aliphatic carbocycles. The lowest BCUT2D eigenvalue weighted by molar-refractivity contribution is -0.136. The zero-order chi connectivity index (χ0) is 9.07. The molecule has 64 valence electrons. The van der Waals surface area contributed by atoms with Gasteiger partial charge in [0.05, 0.1) is 12.7 Å². The average molecular weight is 158 g/mol. The van der Waals surface area contributed by atoms with Crippen LogP contribution >= 0.6 is 0 Å². The summed E-state index contributed by atoms with van der Waals surface area (Å²) >= 11 is 0. The van der Waals surface area contributed by atoms with Crippen molar-refractivity contribution in [1.29, 1.82) is 0 Å². The van der Waals surface area contributed by atoms with Crippen molar-refractivity contribution in [2.45, 2.75) is 25.9 Å². The van der Waals surface area contributed by atoms with E-state index in [1.807, 2.05) is 0 Å². The maximum atomic E-state index is 10.8. The minimum absolute atomic E-state index is 0.236. The molecule has 0 rings (SSSR count). The monoisotopic (exact) mass is 158 g/mol. The first kappa shape index (κ1) is 10.2. The van der Waals surface area contributed by atoms with Crippen LogP contribution in [0.1, 0.15) is 20.3 Å². The lowest BCUT2D eigenvalue weighted by atomic mass is 10.00. The molecular weight excluding hydrogens is 144 g/mol. The van der Waals surface area contributed by atoms with Gasteiger partial charge < -0.3 is 9.84 Å². The molecule has 11 heavy (non-hydrogen) atoms. The van der Waals surface area contributed by atoms with E-state index in [4.69, 9.17) is 0 Å². The molecular formula is C8H14O3. The van der Waals surface area contributed by atoms with Crippen LogP contribution in [-0.2, 0) is 9.53 Å². The highest BCUT2D eigenvalue weighted by Gasteiger charge is 2.18. The van der Waals surface area contributed by atoms with Gasteiger partial charge in [-0.1, -0.05) is 6.58 Å². The van der Waals surface area contributed by atoms with E-state index in [0.29, 0.717) is 5.57 Å². The maximum Gasteiger partial charge on any atom is 0.333 e. The summed E-state index contributed by atoms with van der Waals surface area (Å²) in [5, 5.41) is 9.26. The lowest BCUT2D eigenvalue weighted by Gasteiger charge is -2.16. The first-order chi connectivity index (χ1) is 4.87. The van der Waals surface area contributed by atoms with Gasteiger partial charge >= 0.3 is 5.97 Å². The van der Waals surface area contributed by atoms with Crippen LogP contribution in [0.2, 0.25) is 0 Å². The van der Waals surface area contributed by atoms with Crippen molar-refractivity contribution in [3.05, 3.63) is 12.2 Å². The second-order valence-electron chi connectivity index (χ2n) is 3.08. The Bertz CT molecular complexity index is 165. The van der Waals surface area contributed by atoms with E-state index in [0.717, 1.165) is 0 Å². The molecule has 0 saturated carbocycles. The van der Waals surface area contributed by atoms with E-state index < -0.39 is 11.6 Å². The van der Waals surface area contributed by atoms with E-state index in [-0.39, 0.29) is 6.42 Å². The molecule has 0 fully saturated rings. The van der Waals surface area contributed by atoms with Crippen molar-refractivity contribution in [1.82, 2.24) is 0 Å². The summed E-state index contributed by atoms with van der Waals surface area (Å²) in [6, 6.07) is 0. The first-order valence-electron chi connectivity index (χ1n) is 3.35. The topological polar surface area (TPSA) is 46.5 Å². The number of esters is 1. The zero-order valence-corrected chi connectivity index (χ0v) is 7.18. The van der Waals surface area contributed by atoms with Crippen LogP contribution in [-0.4, -0.2) is 23.8 Å². The fourth-order valence-corrected chi connectivity index (χ4v) is 0.739. The Morgan fingerprint density at radius 2 is 2.09 bits per heavy atom. The summed E-state index contributed by atoms with van der Waals surface area (Å²) < 4.78 is 4.41. The SMILES string of the molecule is C=C(CC(C)(C)O)C(=O)OC. The van der Waals surface area contributed by atoms with Gasteiger partial charge in [-0.2, -0.15) is 0 Å². The molecule has 0 heterocycles. The average Bonchev–Trinajstić information content (AvgIpc) is 1.82. The third-order valence-corrected chi connectivity index (χ3v) is 1.12. The van der Waals surface area contributed by atoms with Crippen LogP contribution in [0.25, 0.3) is 0 Å². The smallest absolute Gasteiger partial charge is 0.333 e. The van der Waals surface area contributed by atoms with Crippen molar-refractivity contribution in [3.63, 3.8) is 0 Å². The van der Waals surface area contributed by atoms with Gasteiger partial charge in [-0.15, -0.1) is 0 Å². The van der Waals surface area contributed by atoms with Gasteiger partial charge in [0.2, 0.25) is 0 Å². The molecule has 0 spiro atoms. The number of carbonyl (C=O) groups excluding carboxylic acids is 1. The Balaban J connectivity index is 3.99. The van der Waals surface area contributed by atoms with Crippen LogP contribution in [0, 0.1) is 0 Å². The largest absolute Gasteiger partial charge is 0.466 e. The Kier molecular flexibility index (Phi) is 3.26. The van der Waals surface area contributed by atoms with Gasteiger partial charge in [-0.3, -0.25) is 0 Å². The van der Waals surface area contributed by atoms with Crippen molar-refractivity contribution in [3.8, 4) is 0 Å². The number of carbonyl (C=O) groups is 1. The molecule has 0 bridgehead atoms. The van der Waals surface area contributed by atoms with E-state index in [1.54, 1.807) is 13.8 Å². The predicted octanol–water partition coefficient (Wildman–Crippen LogP) is 0.877. The van der Waals surface area contributed by atoms with Gasteiger partial charge in [0.25, 0.3) is 0 Å². The van der Waals surface area contributed by atoms with E-state index in [2.05, 4.69) is 11.3 Å². The standard InChI is InChI=1S/C8H14O3/c1-6(7(9)11-4)5-8(2,3)10/h10H,1,5H2,2-4H3. The molecule has 0 aliphatic heterocycles. The van der Waals surface area contributed by atoms with E-state index in [9.17, 15) is 9.90 Å². The summed E-state index contributed by atoms with van der Waals surface area (Å²) in [5.74, 6) is -0.466. The highest BCUT2D eigenvalue weighted by molar-refractivity contribution is 5.87. The molecule has 0 saturated heterocycles. The van der Waals surface area contributed by atoms with Crippen LogP contribution in [0.15, 0.2) is 12.2 Å². The van der Waals surface area contributed by atoms with E-state index in [1.165, 1.54) is 7.11 Å². The van der Waals surface area contributed by atoms with Crippen molar-refractivity contribution in [2.75, 3.05) is 7.11 Å². The fraction of sp³-hybridized carbons (Fsp3) is 0.625. The molecule has 0 unspecified atom stereocenters. The number of aliphatic hydroxyl groups is 1. The fourth-order valence-electron chi connectivity index (χ4n) is 0.739. The van der Waals surface area contributed by atoms with Crippen LogP contribution < -0.4 is 0 Å². The Labute approximate surface area is 66.7 Å². The third kappa shape index (κ3) is 4.56. The summed E-state index contributed by atoms with van der Waals surface area (Å²) in [4.78, 5) is 10.8. The molecule has 0 radical (unpaired) electrons. The van der Waals surface area contributed by atoms with Crippen molar-refractivity contribution >= 4 is 5.97 Å². The quantitative estimate of drug-likeness (QED) is 0.490. The van der Waals surface area contributed by atoms with Crippen molar-refractivity contribution < 1.29 is 14.6 Å². The summed E-state index contributed by atoms with van der Waals surface area (Å²) in [7, 11) is 1.29. The minimum atomic E-state index is -0.898. The predicted molar refractivity (Wildman–Crippen MR) is 42.1 cm³/mol. The number of hydrogen-bond acceptors (Lipinski definition) is 3. The minimum Gasteiger partial charge on any atom is -0.466 e. The molecule has 1 N–H and O–H groups in total. The molecule has 0 aromatic heterocycles. The van der Waals surface area contributed by atoms with Crippen LogP contribution in [0.3, 0.4) is 0 Å². The number of ether oxygens (including phenoxy) is 1. The number of hydrogen-bond donors (Lipinski definition) is 1. The number of methoxy groups -OCH3 is 1. The molecule has 0 aliphatic rings. The van der Waals surface area contributed by atoms with Gasteiger partial charge in [0.1, 0.15) is 0 Å². The molecule has 0 aromatic carbocycles. The van der Waals surface area contributed by atoms with Crippen LogP contribution in [0.5, 0.6) is 0 Å². The highest BCUT2D eigenvalue weighted by Crippen LogP contribution is 2.14. The van der Waals surface area contributed by atoms with Crippen LogP contribution in [0.4, 0.5) is 0 Å². The van der Waals surface area contributed by atoms with Crippen molar-refractivity contribution in [2.24, 2.45) is 0 Å². The first-order valence-corrected chi connectivity index (χ1v) is 3.35. The molecule has 0 atom stereocenters. The Morgan fingerprint density at radius 3 is 2.36 bits per heavy atom. The molecule has 3 nitrogen and oxygen atoms in total. The summed E-state index contributed by atoms with van der Waals surface area (Å²) in [5.41, 5.74) is -0.606. The number of rotatable bonds is 3. The summed E-state index contributed by atoms with van der Waals surface area (Å²) in [6.07, 6.45) is 0.236. The maximum absolute atomic E-state index is 10.8. The Hall–Kier alpha value is -0.830. The normalized spacial score (nSPS) is 10.9. The zero-order valence-electron chi connectivity index (χ0n) is 7.18. The van der Waals surface area contributed by atoms with E-state index >= 15 is 0 Å². The van der Waals surface area contributed by atoms with Gasteiger partial charge in [-0.05, 0) is 13.8 Å². The van der Waals surface area contributed by atoms with Gasteiger partial charge in [0.15, 0.2) is 0 Å². The summed E-state index contributed by atoms with van der Waals surface area (Å²) in [6.45, 7) is 6.70. The second-order valence-corrected chi connectivity index (χ2v) is 3.08. The Morgan fingerprint density at radius 1 is 1.64 bits per heavy atom. The molecule has 0 aromatic rings. The third-order valence-electron chi connectivity index (χ3n) is 1.12. The molecule has 3 heteroatoms. The van der Waals surface area contributed by atoms with Gasteiger partial charge in [0, 0.05) is 12.0 Å². The van der Waals surface area contributed by atoms with Gasteiger partial charge in [-0.25, -0.2) is 4.79 Å². The lowest BCUT2D eigenvalue weighted by Crippen LogP contribution is -2.21.